The number of hydrogen-bond acceptors (Lipinski definition) is 7. The maximum absolute atomic E-state index is 11.3. The van der Waals surface area contributed by atoms with Gasteiger partial charge in [0.25, 0.3) is 5.69 Å². The second-order valence-electron chi connectivity index (χ2n) is 5.97. The Balaban J connectivity index is 1.64. The van der Waals surface area contributed by atoms with Gasteiger partial charge >= 0.3 is 0 Å². The van der Waals surface area contributed by atoms with Crippen LogP contribution in [0.2, 0.25) is 5.02 Å². The fourth-order valence-electron chi connectivity index (χ4n) is 2.98. The van der Waals surface area contributed by atoms with E-state index in [1.54, 1.807) is 12.1 Å². The number of halogens is 1. The first kappa shape index (κ1) is 17.6. The zero-order valence-electron chi connectivity index (χ0n) is 14.0. The highest BCUT2D eigenvalue weighted by molar-refractivity contribution is 6.30. The number of nitro groups is 1. The summed E-state index contributed by atoms with van der Waals surface area (Å²) in [5, 5.41) is 23.5. The number of anilines is 1. The van der Waals surface area contributed by atoms with Gasteiger partial charge in [0.05, 0.1) is 11.5 Å². The van der Waals surface area contributed by atoms with Gasteiger partial charge in [-0.15, -0.1) is 5.10 Å². The summed E-state index contributed by atoms with van der Waals surface area (Å²) < 4.78 is 1.83. The van der Waals surface area contributed by atoms with Crippen LogP contribution in [-0.4, -0.2) is 56.2 Å². The first-order valence-electron chi connectivity index (χ1n) is 8.24. The second kappa shape index (κ2) is 7.75. The minimum atomic E-state index is -0.382. The molecule has 10 heteroatoms. The third kappa shape index (κ3) is 4.05. The van der Waals surface area contributed by atoms with Crippen molar-refractivity contribution < 1.29 is 4.92 Å². The molecule has 9 nitrogen and oxygen atoms in total. The summed E-state index contributed by atoms with van der Waals surface area (Å²) in [6.45, 7) is 6.57. The van der Waals surface area contributed by atoms with Crippen LogP contribution >= 0.6 is 11.6 Å². The molecule has 134 valence electrons. The highest BCUT2D eigenvalue weighted by Crippen LogP contribution is 2.31. The first-order valence-corrected chi connectivity index (χ1v) is 8.62. The van der Waals surface area contributed by atoms with Crippen molar-refractivity contribution in [3.05, 3.63) is 39.2 Å². The van der Waals surface area contributed by atoms with Gasteiger partial charge in [-0.2, -0.15) is 0 Å². The molecule has 2 heterocycles. The van der Waals surface area contributed by atoms with E-state index in [0.29, 0.717) is 30.3 Å². The molecule has 1 aliphatic heterocycles. The van der Waals surface area contributed by atoms with Gasteiger partial charge in [-0.3, -0.25) is 15.0 Å². The lowest BCUT2D eigenvalue weighted by Gasteiger charge is -2.35. The highest BCUT2D eigenvalue weighted by atomic mass is 35.5. The Hall–Kier alpha value is -2.26. The Bertz CT molecular complexity index is 743. The van der Waals surface area contributed by atoms with E-state index in [0.717, 1.165) is 31.9 Å². The smallest absolute Gasteiger partial charge is 0.294 e. The Labute approximate surface area is 150 Å². The summed E-state index contributed by atoms with van der Waals surface area (Å²) in [6, 6.07) is 4.81. The second-order valence-corrected chi connectivity index (χ2v) is 6.41. The SMILES string of the molecule is CCCn1nnnc1CN1CCN(c2ccc(Cl)cc2[N+](=O)[O-])CC1. The van der Waals surface area contributed by atoms with Crippen LogP contribution in [0.4, 0.5) is 11.4 Å². The van der Waals surface area contributed by atoms with Gasteiger partial charge in [0.1, 0.15) is 5.69 Å². The number of rotatable bonds is 6. The number of piperazine rings is 1. The monoisotopic (exact) mass is 365 g/mol. The lowest BCUT2D eigenvalue weighted by atomic mass is 10.2. The molecule has 1 aliphatic rings. The van der Waals surface area contributed by atoms with E-state index >= 15 is 0 Å². The van der Waals surface area contributed by atoms with Gasteiger partial charge < -0.3 is 4.90 Å². The van der Waals surface area contributed by atoms with Crippen molar-refractivity contribution in [3.63, 3.8) is 0 Å². The summed E-state index contributed by atoms with van der Waals surface area (Å²) >= 11 is 5.89. The number of aryl methyl sites for hydroxylation is 1. The van der Waals surface area contributed by atoms with E-state index in [1.807, 2.05) is 9.58 Å². The molecule has 0 amide bonds. The maximum atomic E-state index is 11.3. The van der Waals surface area contributed by atoms with Gasteiger partial charge in [0.15, 0.2) is 5.82 Å². The van der Waals surface area contributed by atoms with E-state index in [4.69, 9.17) is 11.6 Å². The molecule has 25 heavy (non-hydrogen) atoms. The van der Waals surface area contributed by atoms with E-state index < -0.39 is 0 Å². The molecule has 0 aliphatic carbocycles. The third-order valence-corrected chi connectivity index (χ3v) is 4.49. The van der Waals surface area contributed by atoms with Crippen molar-refractivity contribution in [2.45, 2.75) is 26.4 Å². The summed E-state index contributed by atoms with van der Waals surface area (Å²) in [5.41, 5.74) is 0.665. The van der Waals surface area contributed by atoms with Crippen LogP contribution in [0.25, 0.3) is 0 Å². The Morgan fingerprint density at radius 3 is 2.72 bits per heavy atom. The zero-order chi connectivity index (χ0) is 17.8. The molecule has 3 rings (SSSR count). The van der Waals surface area contributed by atoms with Gasteiger partial charge in [-0.05, 0) is 29.0 Å². The Kier molecular flexibility index (Phi) is 5.44. The number of nitrogens with zero attached hydrogens (tertiary/aromatic N) is 7. The van der Waals surface area contributed by atoms with Crippen molar-refractivity contribution >= 4 is 23.0 Å². The van der Waals surface area contributed by atoms with Gasteiger partial charge in [0.2, 0.25) is 0 Å². The van der Waals surface area contributed by atoms with Crippen LogP contribution < -0.4 is 4.90 Å². The van der Waals surface area contributed by atoms with Crippen molar-refractivity contribution in [2.75, 3.05) is 31.1 Å². The number of hydrogen-bond donors (Lipinski definition) is 0. The predicted octanol–water partition coefficient (Wildman–Crippen LogP) is 1.97. The van der Waals surface area contributed by atoms with Crippen LogP contribution in [-0.2, 0) is 13.1 Å². The third-order valence-electron chi connectivity index (χ3n) is 4.25. The van der Waals surface area contributed by atoms with E-state index in [2.05, 4.69) is 27.3 Å². The van der Waals surface area contributed by atoms with Crippen molar-refractivity contribution in [1.82, 2.24) is 25.1 Å². The number of aromatic nitrogens is 4. The molecule has 0 bridgehead atoms. The number of benzene rings is 1. The fraction of sp³-hybridized carbons (Fsp3) is 0.533. The average molecular weight is 366 g/mol. The number of tetrazole rings is 1. The molecule has 0 unspecified atom stereocenters. The molecule has 0 radical (unpaired) electrons. The molecule has 0 spiro atoms. The van der Waals surface area contributed by atoms with Crippen LogP contribution in [0.15, 0.2) is 18.2 Å². The van der Waals surface area contributed by atoms with Crippen LogP contribution in [0, 0.1) is 10.1 Å². The standard InChI is InChI=1S/C15H20ClN7O2/c1-2-5-22-15(17-18-19-22)11-20-6-8-21(9-7-20)13-4-3-12(16)10-14(13)23(24)25/h3-4,10H,2,5-9,11H2,1H3. The molecule has 1 aromatic carbocycles. The molecular weight excluding hydrogens is 346 g/mol. The van der Waals surface area contributed by atoms with Gasteiger partial charge in [-0.25, -0.2) is 4.68 Å². The average Bonchev–Trinajstić information content (AvgIpc) is 3.03. The minimum Gasteiger partial charge on any atom is -0.363 e. The van der Waals surface area contributed by atoms with Crippen molar-refractivity contribution in [3.8, 4) is 0 Å². The van der Waals surface area contributed by atoms with Crippen LogP contribution in [0.3, 0.4) is 0 Å². The molecule has 1 fully saturated rings. The highest BCUT2D eigenvalue weighted by Gasteiger charge is 2.24. The quantitative estimate of drug-likeness (QED) is 0.570. The topological polar surface area (TPSA) is 93.2 Å². The zero-order valence-corrected chi connectivity index (χ0v) is 14.8. The molecule has 2 aromatic rings. The molecule has 1 saturated heterocycles. The van der Waals surface area contributed by atoms with Crippen LogP contribution in [0.1, 0.15) is 19.2 Å². The minimum absolute atomic E-state index is 0.0489. The number of nitro benzene ring substituents is 1. The normalized spacial score (nSPS) is 15.5. The summed E-state index contributed by atoms with van der Waals surface area (Å²) in [4.78, 5) is 15.2. The summed E-state index contributed by atoms with van der Waals surface area (Å²) in [7, 11) is 0. The van der Waals surface area contributed by atoms with Gasteiger partial charge in [0, 0.05) is 43.8 Å². The molecule has 0 saturated carbocycles. The molecule has 0 N–H and O–H groups in total. The fourth-order valence-corrected chi connectivity index (χ4v) is 3.15. The van der Waals surface area contributed by atoms with Gasteiger partial charge in [-0.1, -0.05) is 18.5 Å². The Morgan fingerprint density at radius 1 is 1.28 bits per heavy atom. The summed E-state index contributed by atoms with van der Waals surface area (Å²) in [6.07, 6.45) is 0.978. The predicted molar refractivity (Wildman–Crippen MR) is 93.7 cm³/mol. The van der Waals surface area contributed by atoms with E-state index in [-0.39, 0.29) is 10.6 Å². The largest absolute Gasteiger partial charge is 0.363 e. The lowest BCUT2D eigenvalue weighted by Crippen LogP contribution is -2.46. The van der Waals surface area contributed by atoms with E-state index in [9.17, 15) is 10.1 Å². The van der Waals surface area contributed by atoms with Crippen LogP contribution in [0.5, 0.6) is 0 Å². The van der Waals surface area contributed by atoms with Crippen molar-refractivity contribution in [2.24, 2.45) is 0 Å². The maximum Gasteiger partial charge on any atom is 0.294 e. The van der Waals surface area contributed by atoms with E-state index in [1.165, 1.54) is 6.07 Å². The first-order chi connectivity index (χ1) is 12.1. The van der Waals surface area contributed by atoms with Crippen molar-refractivity contribution in [1.29, 1.82) is 0 Å². The Morgan fingerprint density at radius 2 is 2.04 bits per heavy atom. The molecule has 0 atom stereocenters. The molecular formula is C15H20ClN7O2. The summed E-state index contributed by atoms with van der Waals surface area (Å²) in [5.74, 6) is 0.854. The lowest BCUT2D eigenvalue weighted by molar-refractivity contribution is -0.384. The molecule has 1 aromatic heterocycles.